The lowest BCUT2D eigenvalue weighted by molar-refractivity contribution is 0.401. The van der Waals surface area contributed by atoms with Gasteiger partial charge in [-0.05, 0) is 49.4 Å². The fourth-order valence-electron chi connectivity index (χ4n) is 2.57. The second-order valence-corrected chi connectivity index (χ2v) is 5.73. The van der Waals surface area contributed by atoms with Gasteiger partial charge in [-0.3, -0.25) is 5.10 Å². The molecule has 0 fully saturated rings. The number of hydrogen-bond acceptors (Lipinski definition) is 5. The maximum Gasteiger partial charge on any atom is 0.191 e. The van der Waals surface area contributed by atoms with E-state index in [0.717, 1.165) is 29.5 Å². The number of aromatic hydroxyl groups is 1. The molecule has 2 aromatic carbocycles. The number of nitrogens with zero attached hydrogens (tertiary/aromatic N) is 1. The minimum Gasteiger partial charge on any atom is -0.508 e. The van der Waals surface area contributed by atoms with Crippen molar-refractivity contribution in [3.05, 3.63) is 71.6 Å². The number of aromatic nitrogens is 2. The quantitative estimate of drug-likeness (QED) is 0.384. The molecule has 1 heterocycles. The zero-order valence-electron chi connectivity index (χ0n) is 14.3. The maximum absolute atomic E-state index is 13.7. The summed E-state index contributed by atoms with van der Waals surface area (Å²) >= 11 is 0. The van der Waals surface area contributed by atoms with Crippen LogP contribution < -0.4 is 10.1 Å². The van der Waals surface area contributed by atoms with Gasteiger partial charge in [0.2, 0.25) is 0 Å². The molecule has 0 amide bonds. The molecule has 0 aliphatic heterocycles. The van der Waals surface area contributed by atoms with E-state index in [9.17, 15) is 13.9 Å². The van der Waals surface area contributed by atoms with Crippen molar-refractivity contribution in [2.45, 2.75) is 6.92 Å². The average Bonchev–Trinajstić information content (AvgIpc) is 2.99. The summed E-state index contributed by atoms with van der Waals surface area (Å²) in [6.07, 6.45) is 1.10. The molecule has 138 valence electrons. The monoisotopic (exact) mass is 370 g/mol. The highest BCUT2D eigenvalue weighted by molar-refractivity contribution is 5.94. The van der Waals surface area contributed by atoms with Crippen LogP contribution in [0.25, 0.3) is 11.3 Å². The van der Waals surface area contributed by atoms with Crippen LogP contribution in [-0.4, -0.2) is 21.5 Å². The van der Waals surface area contributed by atoms with Crippen molar-refractivity contribution < 1.29 is 18.6 Å². The van der Waals surface area contributed by atoms with Gasteiger partial charge < -0.3 is 20.6 Å². The molecule has 0 bridgehead atoms. The Morgan fingerprint density at radius 1 is 1.30 bits per heavy atom. The number of phenols is 1. The van der Waals surface area contributed by atoms with Crippen molar-refractivity contribution in [3.8, 4) is 22.8 Å². The van der Waals surface area contributed by atoms with Gasteiger partial charge in [0, 0.05) is 17.8 Å². The predicted molar refractivity (Wildman–Crippen MR) is 98.1 cm³/mol. The summed E-state index contributed by atoms with van der Waals surface area (Å²) in [5.74, 6) is -1.45. The normalized spacial score (nSPS) is 10.5. The third-order valence-corrected chi connectivity index (χ3v) is 3.81. The Morgan fingerprint density at radius 3 is 2.74 bits per heavy atom. The zero-order valence-corrected chi connectivity index (χ0v) is 14.3. The molecular weight excluding hydrogens is 354 g/mol. The van der Waals surface area contributed by atoms with Crippen molar-refractivity contribution in [2.75, 3.05) is 5.32 Å². The number of aromatic amines is 1. The minimum absolute atomic E-state index is 0.0518. The topological polar surface area (TPSA) is 94.0 Å². The first-order valence-corrected chi connectivity index (χ1v) is 7.86. The lowest BCUT2D eigenvalue weighted by Gasteiger charge is -2.11. The van der Waals surface area contributed by atoms with Crippen LogP contribution in [0.5, 0.6) is 11.5 Å². The average molecular weight is 370 g/mol. The van der Waals surface area contributed by atoms with E-state index in [1.165, 1.54) is 6.07 Å². The third kappa shape index (κ3) is 3.79. The molecule has 0 saturated heterocycles. The van der Waals surface area contributed by atoms with Crippen molar-refractivity contribution in [2.24, 2.45) is 0 Å². The van der Waals surface area contributed by atoms with Gasteiger partial charge in [-0.15, -0.1) is 0 Å². The summed E-state index contributed by atoms with van der Waals surface area (Å²) in [7, 11) is 0. The lowest BCUT2D eigenvalue weighted by atomic mass is 10.0. The Kier molecular flexibility index (Phi) is 4.89. The molecule has 6 nitrogen and oxygen atoms in total. The number of rotatable bonds is 6. The van der Waals surface area contributed by atoms with Gasteiger partial charge >= 0.3 is 0 Å². The van der Waals surface area contributed by atoms with Crippen LogP contribution >= 0.6 is 0 Å². The van der Waals surface area contributed by atoms with E-state index in [4.69, 9.17) is 10.1 Å². The number of aryl methyl sites for hydroxylation is 1. The van der Waals surface area contributed by atoms with Crippen molar-refractivity contribution in [1.82, 2.24) is 10.2 Å². The molecule has 0 atom stereocenters. The van der Waals surface area contributed by atoms with E-state index in [1.807, 2.05) is 6.92 Å². The summed E-state index contributed by atoms with van der Waals surface area (Å²) in [6.45, 7) is 5.46. The van der Waals surface area contributed by atoms with Gasteiger partial charge in [0.25, 0.3) is 0 Å². The summed E-state index contributed by atoms with van der Waals surface area (Å²) in [6, 6.07) is 7.74. The van der Waals surface area contributed by atoms with E-state index < -0.39 is 11.6 Å². The molecule has 27 heavy (non-hydrogen) atoms. The number of halogens is 2. The molecule has 0 spiro atoms. The van der Waals surface area contributed by atoms with Crippen LogP contribution in [0.1, 0.15) is 11.1 Å². The summed E-state index contributed by atoms with van der Waals surface area (Å²) < 4.78 is 31.9. The van der Waals surface area contributed by atoms with Gasteiger partial charge in [0.1, 0.15) is 11.6 Å². The second-order valence-electron chi connectivity index (χ2n) is 5.73. The van der Waals surface area contributed by atoms with E-state index in [0.29, 0.717) is 17.3 Å². The number of phenolic OH excluding ortho intramolecular Hbond substituents is 1. The van der Waals surface area contributed by atoms with Gasteiger partial charge in [-0.1, -0.05) is 0 Å². The predicted octanol–water partition coefficient (Wildman–Crippen LogP) is 4.33. The number of nitrogens with one attached hydrogen (secondary N) is 3. The fraction of sp³-hybridized carbons (Fsp3) is 0.0526. The molecule has 0 saturated carbocycles. The molecule has 3 rings (SSSR count). The van der Waals surface area contributed by atoms with Crippen LogP contribution in [0.3, 0.4) is 0 Å². The molecule has 0 radical (unpaired) electrons. The molecule has 4 N–H and O–H groups in total. The van der Waals surface area contributed by atoms with Crippen molar-refractivity contribution in [3.63, 3.8) is 0 Å². The second kappa shape index (κ2) is 7.28. The van der Waals surface area contributed by atoms with E-state index in [1.54, 1.807) is 12.1 Å². The van der Waals surface area contributed by atoms with Crippen LogP contribution in [0, 0.1) is 24.0 Å². The fourth-order valence-corrected chi connectivity index (χ4v) is 2.57. The summed E-state index contributed by atoms with van der Waals surface area (Å²) in [5, 5.41) is 26.9. The first-order chi connectivity index (χ1) is 12.9. The number of hydrogen-bond donors (Lipinski definition) is 4. The maximum atomic E-state index is 13.7. The van der Waals surface area contributed by atoms with Gasteiger partial charge in [0.15, 0.2) is 23.3 Å². The summed E-state index contributed by atoms with van der Waals surface area (Å²) in [5.41, 5.74) is 2.53. The number of benzene rings is 2. The molecule has 8 heteroatoms. The standard InChI is InChI=1S/C19H16F2N4O2/c1-10-7-13(26)4-5-14(10)18-15(9-22)19(25-24-18)23-11(2)27-17-6-3-12(20)8-16(17)21/h3-9,22,26H,2H2,1H3,(H2,23,24,25). The minimum atomic E-state index is -0.868. The van der Waals surface area contributed by atoms with Gasteiger partial charge in [-0.2, -0.15) is 5.10 Å². The molecule has 0 unspecified atom stereocenters. The highest BCUT2D eigenvalue weighted by Gasteiger charge is 2.16. The zero-order chi connectivity index (χ0) is 19.6. The largest absolute Gasteiger partial charge is 0.508 e. The Hall–Kier alpha value is -3.68. The van der Waals surface area contributed by atoms with E-state index in [-0.39, 0.29) is 23.2 Å². The number of H-pyrrole nitrogens is 1. The third-order valence-electron chi connectivity index (χ3n) is 3.81. The van der Waals surface area contributed by atoms with Crippen LogP contribution in [-0.2, 0) is 0 Å². The first kappa shape index (κ1) is 18.1. The molecule has 0 aliphatic rings. The van der Waals surface area contributed by atoms with Gasteiger partial charge in [-0.25, -0.2) is 8.78 Å². The Morgan fingerprint density at radius 2 is 2.07 bits per heavy atom. The lowest BCUT2D eigenvalue weighted by Crippen LogP contribution is -2.08. The van der Waals surface area contributed by atoms with Crippen LogP contribution in [0.4, 0.5) is 14.6 Å². The highest BCUT2D eigenvalue weighted by atomic mass is 19.1. The number of anilines is 1. The number of ether oxygens (including phenoxy) is 1. The Bertz CT molecular complexity index is 1030. The molecule has 3 aromatic rings. The van der Waals surface area contributed by atoms with E-state index in [2.05, 4.69) is 22.1 Å². The molecule has 1 aromatic heterocycles. The van der Waals surface area contributed by atoms with Gasteiger partial charge in [0.05, 0.1) is 11.3 Å². The highest BCUT2D eigenvalue weighted by Crippen LogP contribution is 2.30. The molecular formula is C19H16F2N4O2. The van der Waals surface area contributed by atoms with Crippen molar-refractivity contribution in [1.29, 1.82) is 5.41 Å². The van der Waals surface area contributed by atoms with Crippen LogP contribution in [0.15, 0.2) is 48.9 Å². The molecule has 0 aliphatic carbocycles. The van der Waals surface area contributed by atoms with E-state index >= 15 is 0 Å². The SMILES string of the molecule is C=C(Nc1n[nH]c(-c2ccc(O)cc2C)c1C=N)Oc1ccc(F)cc1F. The smallest absolute Gasteiger partial charge is 0.191 e. The van der Waals surface area contributed by atoms with Crippen LogP contribution in [0.2, 0.25) is 0 Å². The van der Waals surface area contributed by atoms with Crippen molar-refractivity contribution >= 4 is 12.0 Å². The first-order valence-electron chi connectivity index (χ1n) is 7.86. The Labute approximate surface area is 153 Å². The summed E-state index contributed by atoms with van der Waals surface area (Å²) in [4.78, 5) is 0. The Balaban J connectivity index is 1.84.